The Morgan fingerprint density at radius 1 is 1.07 bits per heavy atom. The molecule has 3 aromatic rings. The number of carbonyl (C=O) groups is 1. The molecule has 2 aromatic heterocycles. The predicted octanol–water partition coefficient (Wildman–Crippen LogP) is 4.94. The van der Waals surface area contributed by atoms with Gasteiger partial charge in [0.25, 0.3) is 0 Å². The Balaban J connectivity index is 1.58. The van der Waals surface area contributed by atoms with Crippen molar-refractivity contribution in [3.05, 3.63) is 77.6 Å². The number of nitrogens with zero attached hydrogens (tertiary/aromatic N) is 5. The highest BCUT2D eigenvalue weighted by Gasteiger charge is 2.46. The van der Waals surface area contributed by atoms with Crippen LogP contribution in [0, 0.1) is 18.7 Å². The minimum atomic E-state index is -5.62. The van der Waals surface area contributed by atoms with E-state index < -0.39 is 49.2 Å². The predicted molar refractivity (Wildman–Crippen MR) is 143 cm³/mol. The average molecular weight is 614 g/mol. The van der Waals surface area contributed by atoms with Crippen molar-refractivity contribution < 1.29 is 40.0 Å². The topological polar surface area (TPSA) is 95.9 Å². The third-order valence-corrected chi connectivity index (χ3v) is 8.68. The second kappa shape index (κ2) is 12.2. The van der Waals surface area contributed by atoms with Gasteiger partial charge in [-0.05, 0) is 44.4 Å². The molecule has 1 fully saturated rings. The molecule has 1 saturated heterocycles. The normalized spacial score (nSPS) is 15.7. The second-order valence-corrected chi connectivity index (χ2v) is 11.4. The number of hydrogen-bond acceptors (Lipinski definition) is 8. The van der Waals surface area contributed by atoms with Gasteiger partial charge >= 0.3 is 22.2 Å². The van der Waals surface area contributed by atoms with E-state index in [1.54, 1.807) is 11.9 Å². The van der Waals surface area contributed by atoms with Crippen LogP contribution in [0.4, 0.5) is 33.5 Å². The number of pyridine rings is 2. The van der Waals surface area contributed by atoms with Gasteiger partial charge in [0, 0.05) is 37.8 Å². The number of halogens is 5. The van der Waals surface area contributed by atoms with Crippen LogP contribution in [0.3, 0.4) is 0 Å². The summed E-state index contributed by atoms with van der Waals surface area (Å²) in [5, 5.41) is -1.33. The third-order valence-electron chi connectivity index (χ3n) is 7.21. The SMILES string of the molecule is Cc1c(N(C)C2CCN([C@H](C)c3ccccc3)CC2)cnc(S(=O)(=O)N(OC(=O)C(F)(F)F)c2cccc(F)n2)c1F. The van der Waals surface area contributed by atoms with E-state index in [2.05, 4.69) is 38.8 Å². The van der Waals surface area contributed by atoms with Crippen LogP contribution in [0.1, 0.15) is 36.9 Å². The smallest absolute Gasteiger partial charge is 0.370 e. The van der Waals surface area contributed by atoms with Gasteiger partial charge in [-0.1, -0.05) is 40.9 Å². The first-order valence-electron chi connectivity index (χ1n) is 12.9. The minimum absolute atomic E-state index is 0.0349. The number of sulfonamides is 1. The Kier molecular flexibility index (Phi) is 9.01. The summed E-state index contributed by atoms with van der Waals surface area (Å²) in [6.45, 7) is 4.93. The maximum atomic E-state index is 15.6. The Hall–Kier alpha value is -3.85. The summed E-state index contributed by atoms with van der Waals surface area (Å²) in [5.41, 5.74) is 1.30. The van der Waals surface area contributed by atoms with Gasteiger partial charge in [0.1, 0.15) is 0 Å². The first kappa shape index (κ1) is 31.1. The molecule has 42 heavy (non-hydrogen) atoms. The Morgan fingerprint density at radius 2 is 1.71 bits per heavy atom. The lowest BCUT2D eigenvalue weighted by Gasteiger charge is -2.40. The van der Waals surface area contributed by atoms with E-state index in [0.29, 0.717) is 0 Å². The Labute approximate surface area is 239 Å². The Bertz CT molecular complexity index is 1530. The summed E-state index contributed by atoms with van der Waals surface area (Å²) >= 11 is 0. The van der Waals surface area contributed by atoms with Gasteiger partial charge in [-0.25, -0.2) is 14.2 Å². The lowest BCUT2D eigenvalue weighted by atomic mass is 9.98. The van der Waals surface area contributed by atoms with Crippen molar-refractivity contribution in [3.8, 4) is 0 Å². The second-order valence-electron chi connectivity index (χ2n) is 9.78. The molecule has 4 rings (SSSR count). The maximum Gasteiger partial charge on any atom is 0.493 e. The molecule has 0 amide bonds. The lowest BCUT2D eigenvalue weighted by molar-refractivity contribution is -0.199. The lowest BCUT2D eigenvalue weighted by Crippen LogP contribution is -2.44. The number of carbonyl (C=O) groups excluding carboxylic acids is 1. The van der Waals surface area contributed by atoms with Gasteiger partial charge in [0.05, 0.1) is 11.9 Å². The highest BCUT2D eigenvalue weighted by molar-refractivity contribution is 7.92. The quantitative estimate of drug-likeness (QED) is 0.200. The van der Waals surface area contributed by atoms with E-state index in [1.165, 1.54) is 12.5 Å². The summed E-state index contributed by atoms with van der Waals surface area (Å²) < 4.78 is 94.0. The molecule has 0 radical (unpaired) electrons. The van der Waals surface area contributed by atoms with Crippen LogP contribution in [-0.2, 0) is 19.7 Å². The largest absolute Gasteiger partial charge is 0.493 e. The van der Waals surface area contributed by atoms with Crippen LogP contribution in [0.25, 0.3) is 0 Å². The zero-order valence-corrected chi connectivity index (χ0v) is 23.7. The van der Waals surface area contributed by atoms with E-state index in [9.17, 15) is 30.8 Å². The molecule has 15 heteroatoms. The van der Waals surface area contributed by atoms with Gasteiger partial charge in [0.2, 0.25) is 11.0 Å². The summed E-state index contributed by atoms with van der Waals surface area (Å²) in [5.74, 6) is -6.66. The van der Waals surface area contributed by atoms with Gasteiger partial charge in [-0.2, -0.15) is 31.0 Å². The molecule has 226 valence electrons. The average Bonchev–Trinajstić information content (AvgIpc) is 2.96. The molecule has 0 unspecified atom stereocenters. The van der Waals surface area contributed by atoms with Crippen LogP contribution in [-0.4, -0.2) is 61.6 Å². The fourth-order valence-corrected chi connectivity index (χ4v) is 6.04. The van der Waals surface area contributed by atoms with Crippen molar-refractivity contribution in [2.45, 2.75) is 50.0 Å². The summed E-state index contributed by atoms with van der Waals surface area (Å²) in [7, 11) is -3.73. The third kappa shape index (κ3) is 6.46. The fourth-order valence-electron chi connectivity index (χ4n) is 4.80. The molecule has 1 aromatic carbocycles. The minimum Gasteiger partial charge on any atom is -0.370 e. The van der Waals surface area contributed by atoms with Gasteiger partial charge in [0.15, 0.2) is 11.6 Å². The zero-order valence-electron chi connectivity index (χ0n) is 22.8. The molecule has 1 aliphatic heterocycles. The van der Waals surface area contributed by atoms with E-state index in [4.69, 9.17) is 0 Å². The summed E-state index contributed by atoms with van der Waals surface area (Å²) in [6.07, 6.45) is -3.10. The monoisotopic (exact) mass is 613 g/mol. The van der Waals surface area contributed by atoms with E-state index >= 15 is 4.39 Å². The van der Waals surface area contributed by atoms with Crippen molar-refractivity contribution in [3.63, 3.8) is 0 Å². The highest BCUT2D eigenvalue weighted by atomic mass is 32.2. The van der Waals surface area contributed by atoms with Crippen LogP contribution < -0.4 is 9.37 Å². The summed E-state index contributed by atoms with van der Waals surface area (Å²) in [4.78, 5) is 26.5. The number of likely N-dealkylation sites (tertiary alicyclic amines) is 1. The molecular weight excluding hydrogens is 585 g/mol. The van der Waals surface area contributed by atoms with Crippen molar-refractivity contribution >= 4 is 27.5 Å². The van der Waals surface area contributed by atoms with Crippen molar-refractivity contribution in [1.29, 1.82) is 0 Å². The maximum absolute atomic E-state index is 15.6. The number of alkyl halides is 3. The fraction of sp³-hybridized carbons (Fsp3) is 0.370. The highest BCUT2D eigenvalue weighted by Crippen LogP contribution is 2.33. The van der Waals surface area contributed by atoms with E-state index in [-0.39, 0.29) is 23.3 Å². The molecule has 3 heterocycles. The van der Waals surface area contributed by atoms with Crippen LogP contribution in [0.2, 0.25) is 0 Å². The Morgan fingerprint density at radius 3 is 2.31 bits per heavy atom. The van der Waals surface area contributed by atoms with Crippen LogP contribution >= 0.6 is 0 Å². The molecule has 0 bridgehead atoms. The van der Waals surface area contributed by atoms with Crippen LogP contribution in [0.5, 0.6) is 0 Å². The standard InChI is InChI=1S/C27H28F5N5O4S/c1-17-21(35(3)20-12-14-36(15-13-20)18(2)19-8-5-4-6-9-19)16-33-25(24(17)29)42(39,40)37(41-26(38)27(30,31)32)23-11-7-10-22(28)34-23/h4-11,16,18,20H,12-15H2,1-3H3/t18-/m1/s1. The molecule has 0 saturated carbocycles. The number of hydrogen-bond donors (Lipinski definition) is 0. The molecule has 0 spiro atoms. The van der Waals surface area contributed by atoms with Crippen molar-refractivity contribution in [2.24, 2.45) is 0 Å². The first-order chi connectivity index (χ1) is 19.7. The van der Waals surface area contributed by atoms with Gasteiger partial charge in [-0.3, -0.25) is 4.90 Å². The number of piperidine rings is 1. The number of benzene rings is 1. The molecule has 1 atom stereocenters. The van der Waals surface area contributed by atoms with Crippen LogP contribution in [0.15, 0.2) is 59.8 Å². The summed E-state index contributed by atoms with van der Waals surface area (Å²) in [6, 6.07) is 12.7. The molecular formula is C27H28F5N5O4S. The van der Waals surface area contributed by atoms with E-state index in [0.717, 1.165) is 50.3 Å². The van der Waals surface area contributed by atoms with Gasteiger partial charge < -0.3 is 9.74 Å². The molecule has 1 aliphatic rings. The van der Waals surface area contributed by atoms with E-state index in [1.807, 2.05) is 18.2 Å². The number of rotatable bonds is 8. The molecule has 9 nitrogen and oxygen atoms in total. The number of anilines is 2. The zero-order chi connectivity index (χ0) is 30.8. The number of aromatic nitrogens is 2. The molecule has 0 N–H and O–H groups in total. The first-order valence-corrected chi connectivity index (χ1v) is 14.3. The van der Waals surface area contributed by atoms with Gasteiger partial charge in [-0.15, -0.1) is 0 Å². The molecule has 0 aliphatic carbocycles. The van der Waals surface area contributed by atoms with Crippen molar-refractivity contribution in [2.75, 3.05) is 29.5 Å². The van der Waals surface area contributed by atoms with Crippen molar-refractivity contribution in [1.82, 2.24) is 14.9 Å².